The predicted octanol–water partition coefficient (Wildman–Crippen LogP) is 0.642. The van der Waals surface area contributed by atoms with E-state index in [0.717, 1.165) is 19.4 Å². The molecule has 0 aromatic carbocycles. The van der Waals surface area contributed by atoms with Crippen LogP contribution in [0.15, 0.2) is 0 Å². The zero-order valence-electron chi connectivity index (χ0n) is 9.98. The van der Waals surface area contributed by atoms with Crippen LogP contribution < -0.4 is 5.32 Å². The molecule has 0 bridgehead atoms. The molecule has 0 aromatic heterocycles. The van der Waals surface area contributed by atoms with E-state index >= 15 is 0 Å². The number of amides is 1. The first kappa shape index (κ1) is 13.5. The summed E-state index contributed by atoms with van der Waals surface area (Å²) in [7, 11) is 0. The fourth-order valence-corrected chi connectivity index (χ4v) is 2.02. The van der Waals surface area contributed by atoms with Crippen LogP contribution in [-0.4, -0.2) is 37.0 Å². The molecule has 17 heavy (non-hydrogen) atoms. The SMILES string of the molecule is N#CCCN(CCC#N)C(=O)C1CCCNC1. The molecular formula is C12H18N4O. The molecule has 0 saturated carbocycles. The van der Waals surface area contributed by atoms with E-state index in [-0.39, 0.29) is 11.8 Å². The minimum atomic E-state index is 0.0149. The fraction of sp³-hybridized carbons (Fsp3) is 0.750. The number of hydrogen-bond donors (Lipinski definition) is 1. The molecule has 92 valence electrons. The van der Waals surface area contributed by atoms with Gasteiger partial charge in [-0.25, -0.2) is 0 Å². The van der Waals surface area contributed by atoms with Crippen LogP contribution in [0, 0.1) is 28.6 Å². The van der Waals surface area contributed by atoms with Gasteiger partial charge in [-0.05, 0) is 19.4 Å². The lowest BCUT2D eigenvalue weighted by atomic mass is 9.98. The van der Waals surface area contributed by atoms with Gasteiger partial charge in [-0.3, -0.25) is 4.79 Å². The van der Waals surface area contributed by atoms with Gasteiger partial charge < -0.3 is 10.2 Å². The normalized spacial score (nSPS) is 19.1. The van der Waals surface area contributed by atoms with Crippen molar-refractivity contribution in [2.45, 2.75) is 25.7 Å². The van der Waals surface area contributed by atoms with Crippen LogP contribution in [0.1, 0.15) is 25.7 Å². The van der Waals surface area contributed by atoms with Gasteiger partial charge in [0.1, 0.15) is 0 Å². The summed E-state index contributed by atoms with van der Waals surface area (Å²) in [5.41, 5.74) is 0. The second kappa shape index (κ2) is 7.65. The number of carbonyl (C=O) groups is 1. The lowest BCUT2D eigenvalue weighted by molar-refractivity contribution is -0.136. The summed E-state index contributed by atoms with van der Waals surface area (Å²) in [6.45, 7) is 2.57. The average molecular weight is 234 g/mol. The van der Waals surface area contributed by atoms with E-state index in [4.69, 9.17) is 10.5 Å². The molecule has 1 aliphatic heterocycles. The first-order chi connectivity index (χ1) is 8.29. The van der Waals surface area contributed by atoms with Crippen molar-refractivity contribution in [1.29, 1.82) is 10.5 Å². The van der Waals surface area contributed by atoms with E-state index in [9.17, 15) is 4.79 Å². The Morgan fingerprint density at radius 2 is 1.94 bits per heavy atom. The Morgan fingerprint density at radius 3 is 2.41 bits per heavy atom. The molecule has 0 spiro atoms. The number of piperidine rings is 1. The van der Waals surface area contributed by atoms with Gasteiger partial charge in [-0.15, -0.1) is 0 Å². The third-order valence-corrected chi connectivity index (χ3v) is 2.94. The predicted molar refractivity (Wildman–Crippen MR) is 62.6 cm³/mol. The molecule has 0 aromatic rings. The van der Waals surface area contributed by atoms with E-state index in [0.29, 0.717) is 32.5 Å². The van der Waals surface area contributed by atoms with Crippen molar-refractivity contribution in [2.24, 2.45) is 5.92 Å². The number of nitrogens with one attached hydrogen (secondary N) is 1. The molecule has 1 aliphatic rings. The highest BCUT2D eigenvalue weighted by molar-refractivity contribution is 5.79. The summed E-state index contributed by atoms with van der Waals surface area (Å²) in [5.74, 6) is 0.101. The minimum absolute atomic E-state index is 0.0149. The van der Waals surface area contributed by atoms with Crippen LogP contribution in [-0.2, 0) is 4.79 Å². The van der Waals surface area contributed by atoms with Crippen LogP contribution >= 0.6 is 0 Å². The molecule has 1 rings (SSSR count). The summed E-state index contributed by atoms with van der Waals surface area (Å²) in [6.07, 6.45) is 2.58. The van der Waals surface area contributed by atoms with Crippen molar-refractivity contribution < 1.29 is 4.79 Å². The standard InChI is InChI=1S/C12H18N4O/c13-5-2-8-16(9-3-6-14)12(17)11-4-1-7-15-10-11/h11,15H,1-4,7-10H2. The van der Waals surface area contributed by atoms with Gasteiger partial charge in [-0.2, -0.15) is 10.5 Å². The van der Waals surface area contributed by atoms with E-state index in [1.807, 2.05) is 12.1 Å². The van der Waals surface area contributed by atoms with Crippen molar-refractivity contribution in [3.63, 3.8) is 0 Å². The van der Waals surface area contributed by atoms with Gasteiger partial charge in [0.15, 0.2) is 0 Å². The smallest absolute Gasteiger partial charge is 0.227 e. The molecule has 1 N–H and O–H groups in total. The Bertz CT molecular complexity index is 304. The molecule has 1 saturated heterocycles. The third kappa shape index (κ3) is 4.42. The molecule has 5 heteroatoms. The number of nitriles is 2. The quantitative estimate of drug-likeness (QED) is 0.757. The van der Waals surface area contributed by atoms with Gasteiger partial charge in [0.05, 0.1) is 30.9 Å². The Morgan fingerprint density at radius 1 is 1.29 bits per heavy atom. The second-order valence-corrected chi connectivity index (χ2v) is 4.18. The Labute approximate surface area is 102 Å². The van der Waals surface area contributed by atoms with Crippen LogP contribution in [0.5, 0.6) is 0 Å². The maximum atomic E-state index is 12.2. The van der Waals surface area contributed by atoms with Gasteiger partial charge >= 0.3 is 0 Å². The van der Waals surface area contributed by atoms with Crippen molar-refractivity contribution in [3.05, 3.63) is 0 Å². The molecule has 5 nitrogen and oxygen atoms in total. The summed E-state index contributed by atoms with van der Waals surface area (Å²) in [5, 5.41) is 20.3. The lowest BCUT2D eigenvalue weighted by Gasteiger charge is -2.28. The highest BCUT2D eigenvalue weighted by Gasteiger charge is 2.25. The average Bonchev–Trinajstić information content (AvgIpc) is 2.39. The highest BCUT2D eigenvalue weighted by atomic mass is 16.2. The lowest BCUT2D eigenvalue weighted by Crippen LogP contribution is -2.43. The van der Waals surface area contributed by atoms with Gasteiger partial charge in [-0.1, -0.05) is 0 Å². The molecule has 1 heterocycles. The van der Waals surface area contributed by atoms with Gasteiger partial charge in [0.2, 0.25) is 5.91 Å². The number of rotatable bonds is 5. The topological polar surface area (TPSA) is 79.9 Å². The highest BCUT2D eigenvalue weighted by Crippen LogP contribution is 2.14. The maximum absolute atomic E-state index is 12.2. The molecular weight excluding hydrogens is 216 g/mol. The summed E-state index contributed by atoms with van der Waals surface area (Å²) < 4.78 is 0. The van der Waals surface area contributed by atoms with Crippen molar-refractivity contribution in [3.8, 4) is 12.1 Å². The monoisotopic (exact) mass is 234 g/mol. The second-order valence-electron chi connectivity index (χ2n) is 4.18. The molecule has 0 radical (unpaired) electrons. The number of hydrogen-bond acceptors (Lipinski definition) is 4. The van der Waals surface area contributed by atoms with Gasteiger partial charge in [0, 0.05) is 19.6 Å². The van der Waals surface area contributed by atoms with E-state index in [2.05, 4.69) is 5.32 Å². The number of nitrogens with zero attached hydrogens (tertiary/aromatic N) is 3. The van der Waals surface area contributed by atoms with Crippen LogP contribution in [0.4, 0.5) is 0 Å². The Kier molecular flexibility index (Phi) is 6.06. The molecule has 1 unspecified atom stereocenters. The Balaban J connectivity index is 2.51. The summed E-state index contributed by atoms with van der Waals surface area (Å²) in [4.78, 5) is 13.8. The first-order valence-corrected chi connectivity index (χ1v) is 6.03. The van der Waals surface area contributed by atoms with Crippen molar-refractivity contribution in [1.82, 2.24) is 10.2 Å². The fourth-order valence-electron chi connectivity index (χ4n) is 2.02. The molecule has 1 amide bonds. The summed E-state index contributed by atoms with van der Waals surface area (Å²) >= 11 is 0. The van der Waals surface area contributed by atoms with Crippen LogP contribution in [0.2, 0.25) is 0 Å². The number of carbonyl (C=O) groups excluding carboxylic acids is 1. The van der Waals surface area contributed by atoms with Crippen LogP contribution in [0.25, 0.3) is 0 Å². The molecule has 1 atom stereocenters. The van der Waals surface area contributed by atoms with Crippen molar-refractivity contribution >= 4 is 5.91 Å². The maximum Gasteiger partial charge on any atom is 0.227 e. The molecule has 0 aliphatic carbocycles. The third-order valence-electron chi connectivity index (χ3n) is 2.94. The van der Waals surface area contributed by atoms with Crippen LogP contribution in [0.3, 0.4) is 0 Å². The van der Waals surface area contributed by atoms with E-state index < -0.39 is 0 Å². The zero-order valence-corrected chi connectivity index (χ0v) is 9.98. The van der Waals surface area contributed by atoms with E-state index in [1.54, 1.807) is 4.90 Å². The Hall–Kier alpha value is -1.59. The summed E-state index contributed by atoms with van der Waals surface area (Å²) in [6, 6.07) is 4.08. The first-order valence-electron chi connectivity index (χ1n) is 6.03. The minimum Gasteiger partial charge on any atom is -0.340 e. The van der Waals surface area contributed by atoms with E-state index in [1.165, 1.54) is 0 Å². The van der Waals surface area contributed by atoms with Gasteiger partial charge in [0.25, 0.3) is 0 Å². The zero-order chi connectivity index (χ0) is 12.5. The largest absolute Gasteiger partial charge is 0.340 e. The molecule has 1 fully saturated rings. The van der Waals surface area contributed by atoms with Crippen molar-refractivity contribution in [2.75, 3.05) is 26.2 Å².